The van der Waals surface area contributed by atoms with Crippen LogP contribution in [0.5, 0.6) is 0 Å². The van der Waals surface area contributed by atoms with Gasteiger partial charge in [-0.1, -0.05) is 0 Å². The summed E-state index contributed by atoms with van der Waals surface area (Å²) >= 11 is 0. The van der Waals surface area contributed by atoms with E-state index in [1.807, 2.05) is 19.2 Å². The van der Waals surface area contributed by atoms with Gasteiger partial charge in [0, 0.05) is 51.5 Å². The third-order valence-electron chi connectivity index (χ3n) is 3.40. The van der Waals surface area contributed by atoms with Crippen LogP contribution in [0.1, 0.15) is 5.56 Å². The zero-order valence-corrected chi connectivity index (χ0v) is 10.7. The van der Waals surface area contributed by atoms with E-state index in [1.165, 1.54) is 0 Å². The molecule has 0 aromatic carbocycles. The van der Waals surface area contributed by atoms with Crippen molar-refractivity contribution >= 4 is 0 Å². The average Bonchev–Trinajstić information content (AvgIpc) is 2.30. The van der Waals surface area contributed by atoms with Crippen LogP contribution in [-0.4, -0.2) is 54.1 Å². The SMILES string of the molecule is Cc1ccn(CCN2CCN(C)CC2)c(=O)c1. The van der Waals surface area contributed by atoms with Crippen molar-refractivity contribution in [2.45, 2.75) is 13.5 Å². The van der Waals surface area contributed by atoms with Crippen LogP contribution in [0.25, 0.3) is 0 Å². The molecule has 0 atom stereocenters. The van der Waals surface area contributed by atoms with Crippen LogP contribution in [0, 0.1) is 6.92 Å². The summed E-state index contributed by atoms with van der Waals surface area (Å²) in [5.41, 5.74) is 1.14. The molecule has 1 aliphatic rings. The van der Waals surface area contributed by atoms with Gasteiger partial charge in [0.15, 0.2) is 0 Å². The minimum absolute atomic E-state index is 0.110. The summed E-state index contributed by atoms with van der Waals surface area (Å²) in [6.07, 6.45) is 1.90. The van der Waals surface area contributed by atoms with E-state index in [1.54, 1.807) is 10.6 Å². The van der Waals surface area contributed by atoms with Gasteiger partial charge in [-0.15, -0.1) is 0 Å². The lowest BCUT2D eigenvalue weighted by atomic mass is 10.3. The predicted molar refractivity (Wildman–Crippen MR) is 69.4 cm³/mol. The molecule has 17 heavy (non-hydrogen) atoms. The van der Waals surface area contributed by atoms with Gasteiger partial charge in [-0.05, 0) is 25.6 Å². The van der Waals surface area contributed by atoms with Gasteiger partial charge >= 0.3 is 0 Å². The van der Waals surface area contributed by atoms with Crippen LogP contribution in [0.2, 0.25) is 0 Å². The molecule has 1 aliphatic heterocycles. The van der Waals surface area contributed by atoms with Gasteiger partial charge in [0.2, 0.25) is 0 Å². The Hall–Kier alpha value is -1.13. The summed E-state index contributed by atoms with van der Waals surface area (Å²) < 4.78 is 1.80. The second-order valence-electron chi connectivity index (χ2n) is 4.88. The highest BCUT2D eigenvalue weighted by Crippen LogP contribution is 1.99. The van der Waals surface area contributed by atoms with Crippen molar-refractivity contribution in [2.24, 2.45) is 0 Å². The van der Waals surface area contributed by atoms with Gasteiger partial charge in [-0.25, -0.2) is 0 Å². The molecule has 1 saturated heterocycles. The molecule has 94 valence electrons. The standard InChI is InChI=1S/C13H21N3O/c1-12-3-4-16(13(17)11-12)10-9-15-7-5-14(2)6-8-15/h3-4,11H,5-10H2,1-2H3. The third kappa shape index (κ3) is 3.41. The number of hydrogen-bond acceptors (Lipinski definition) is 3. The quantitative estimate of drug-likeness (QED) is 0.759. The highest BCUT2D eigenvalue weighted by Gasteiger charge is 2.13. The number of nitrogens with zero attached hydrogens (tertiary/aromatic N) is 3. The van der Waals surface area contributed by atoms with Gasteiger partial charge in [0.1, 0.15) is 0 Å². The predicted octanol–water partition coefficient (Wildman–Crippen LogP) is 0.404. The van der Waals surface area contributed by atoms with Crippen molar-refractivity contribution in [3.05, 3.63) is 34.2 Å². The van der Waals surface area contributed by atoms with Gasteiger partial charge in [0.25, 0.3) is 5.56 Å². The number of rotatable bonds is 3. The van der Waals surface area contributed by atoms with Crippen molar-refractivity contribution < 1.29 is 0 Å². The highest BCUT2D eigenvalue weighted by atomic mass is 16.1. The molecule has 4 nitrogen and oxygen atoms in total. The molecule has 4 heteroatoms. The fourth-order valence-electron chi connectivity index (χ4n) is 2.11. The molecule has 2 heterocycles. The Morgan fingerprint density at radius 2 is 1.88 bits per heavy atom. The van der Waals surface area contributed by atoms with Crippen LogP contribution in [0.3, 0.4) is 0 Å². The molecule has 0 radical (unpaired) electrons. The Kier molecular flexibility index (Phi) is 3.97. The van der Waals surface area contributed by atoms with Gasteiger partial charge in [-0.3, -0.25) is 9.69 Å². The lowest BCUT2D eigenvalue weighted by molar-refractivity contribution is 0.149. The highest BCUT2D eigenvalue weighted by molar-refractivity contribution is 5.07. The lowest BCUT2D eigenvalue weighted by Crippen LogP contribution is -2.45. The minimum Gasteiger partial charge on any atom is -0.314 e. The van der Waals surface area contributed by atoms with Gasteiger partial charge in [-0.2, -0.15) is 0 Å². The first kappa shape index (κ1) is 12.3. The second kappa shape index (κ2) is 5.47. The van der Waals surface area contributed by atoms with E-state index in [2.05, 4.69) is 16.8 Å². The van der Waals surface area contributed by atoms with E-state index in [0.29, 0.717) is 0 Å². The summed E-state index contributed by atoms with van der Waals surface area (Å²) in [6.45, 7) is 8.19. The molecule has 0 bridgehead atoms. The normalized spacial score (nSPS) is 18.5. The number of aromatic nitrogens is 1. The molecular formula is C13H21N3O. The minimum atomic E-state index is 0.110. The number of pyridine rings is 1. The zero-order chi connectivity index (χ0) is 12.3. The fourth-order valence-corrected chi connectivity index (χ4v) is 2.11. The third-order valence-corrected chi connectivity index (χ3v) is 3.40. The lowest BCUT2D eigenvalue weighted by Gasteiger charge is -2.32. The fraction of sp³-hybridized carbons (Fsp3) is 0.615. The molecule has 0 amide bonds. The largest absolute Gasteiger partial charge is 0.314 e. The van der Waals surface area contributed by atoms with Crippen molar-refractivity contribution in [2.75, 3.05) is 39.8 Å². The molecule has 2 rings (SSSR count). The second-order valence-corrected chi connectivity index (χ2v) is 4.88. The maximum atomic E-state index is 11.7. The number of likely N-dealkylation sites (N-methyl/N-ethyl adjacent to an activating group) is 1. The number of aryl methyl sites for hydroxylation is 1. The van der Waals surface area contributed by atoms with E-state index < -0.39 is 0 Å². The van der Waals surface area contributed by atoms with Crippen LogP contribution in [0.4, 0.5) is 0 Å². The molecule has 0 saturated carbocycles. The Bertz CT molecular complexity index is 419. The Morgan fingerprint density at radius 3 is 2.53 bits per heavy atom. The first-order chi connectivity index (χ1) is 8.15. The molecule has 0 unspecified atom stereocenters. The monoisotopic (exact) mass is 235 g/mol. The van der Waals surface area contributed by atoms with E-state index in [-0.39, 0.29) is 5.56 Å². The summed E-state index contributed by atoms with van der Waals surface area (Å²) in [5, 5.41) is 0. The maximum absolute atomic E-state index is 11.7. The smallest absolute Gasteiger partial charge is 0.250 e. The molecule has 1 fully saturated rings. The number of piperazine rings is 1. The zero-order valence-electron chi connectivity index (χ0n) is 10.7. The van der Waals surface area contributed by atoms with Crippen molar-refractivity contribution in [1.82, 2.24) is 14.4 Å². The molecular weight excluding hydrogens is 214 g/mol. The van der Waals surface area contributed by atoms with Crippen LogP contribution in [0.15, 0.2) is 23.1 Å². The van der Waals surface area contributed by atoms with Crippen LogP contribution in [-0.2, 0) is 6.54 Å². The van der Waals surface area contributed by atoms with Gasteiger partial charge in [0.05, 0.1) is 0 Å². The topological polar surface area (TPSA) is 28.5 Å². The van der Waals surface area contributed by atoms with Gasteiger partial charge < -0.3 is 9.47 Å². The average molecular weight is 235 g/mol. The Morgan fingerprint density at radius 1 is 1.18 bits per heavy atom. The van der Waals surface area contributed by atoms with Crippen molar-refractivity contribution in [1.29, 1.82) is 0 Å². The molecule has 1 aromatic rings. The first-order valence-electron chi connectivity index (χ1n) is 6.23. The van der Waals surface area contributed by atoms with E-state index in [0.717, 1.165) is 44.8 Å². The summed E-state index contributed by atoms with van der Waals surface area (Å²) in [5.74, 6) is 0. The maximum Gasteiger partial charge on any atom is 0.250 e. The molecule has 0 spiro atoms. The van der Waals surface area contributed by atoms with E-state index in [9.17, 15) is 4.79 Å². The Labute approximate surface area is 102 Å². The number of hydrogen-bond donors (Lipinski definition) is 0. The van der Waals surface area contributed by atoms with Crippen LogP contribution < -0.4 is 5.56 Å². The van der Waals surface area contributed by atoms with Crippen LogP contribution >= 0.6 is 0 Å². The summed E-state index contributed by atoms with van der Waals surface area (Å²) in [7, 11) is 2.15. The summed E-state index contributed by atoms with van der Waals surface area (Å²) in [6, 6.07) is 3.69. The van der Waals surface area contributed by atoms with Crippen molar-refractivity contribution in [3.8, 4) is 0 Å². The molecule has 1 aromatic heterocycles. The first-order valence-corrected chi connectivity index (χ1v) is 6.23. The summed E-state index contributed by atoms with van der Waals surface area (Å²) in [4.78, 5) is 16.5. The van der Waals surface area contributed by atoms with E-state index in [4.69, 9.17) is 0 Å². The van der Waals surface area contributed by atoms with Crippen molar-refractivity contribution in [3.63, 3.8) is 0 Å². The van der Waals surface area contributed by atoms with E-state index >= 15 is 0 Å². The Balaban J connectivity index is 1.87. The molecule has 0 aliphatic carbocycles. The molecule has 0 N–H and O–H groups in total.